The maximum atomic E-state index is 12.3. The summed E-state index contributed by atoms with van der Waals surface area (Å²) in [5, 5.41) is 22.9. The zero-order chi connectivity index (χ0) is 17.9. The smallest absolute Gasteiger partial charge is 0.266 e. The minimum Gasteiger partial charge on any atom is -0.506 e. The summed E-state index contributed by atoms with van der Waals surface area (Å²) in [5.41, 5.74) is 1.34. The van der Waals surface area contributed by atoms with Crippen molar-refractivity contribution >= 4 is 63.5 Å². The van der Waals surface area contributed by atoms with E-state index in [1.165, 1.54) is 12.1 Å². The molecule has 0 saturated heterocycles. The molecule has 0 aliphatic carbocycles. The molecule has 7 heteroatoms. The first-order valence-electron chi connectivity index (χ1n) is 6.69. The summed E-state index contributed by atoms with van der Waals surface area (Å²) in [5.74, 6) is -0.642. The number of phenolic OH excluding ortho intramolecular Hbond substituents is 1. The Bertz CT molecular complexity index is 889. The van der Waals surface area contributed by atoms with Gasteiger partial charge in [-0.1, -0.05) is 29.3 Å². The van der Waals surface area contributed by atoms with E-state index >= 15 is 0 Å². The standard InChI is InChI=1S/C17H11Cl2IN2O2/c1-9-13(19)3-2-4-15(9)22-17(24)11(8-21)5-10-6-12(18)7-14(20)16(10)23/h2-7,23H,1H3,(H,22,24)/b11-5-. The van der Waals surface area contributed by atoms with Crippen molar-refractivity contribution in [3.05, 3.63) is 60.6 Å². The summed E-state index contributed by atoms with van der Waals surface area (Å²) < 4.78 is 0.523. The normalized spacial score (nSPS) is 11.0. The van der Waals surface area contributed by atoms with Crippen LogP contribution in [-0.2, 0) is 4.79 Å². The van der Waals surface area contributed by atoms with Gasteiger partial charge in [0, 0.05) is 21.3 Å². The van der Waals surface area contributed by atoms with Crippen molar-refractivity contribution in [2.24, 2.45) is 0 Å². The van der Waals surface area contributed by atoms with Gasteiger partial charge in [0.25, 0.3) is 5.91 Å². The summed E-state index contributed by atoms with van der Waals surface area (Å²) in [6, 6.07) is 9.99. The maximum absolute atomic E-state index is 12.3. The molecule has 0 aliphatic heterocycles. The van der Waals surface area contributed by atoms with Crippen LogP contribution in [0.3, 0.4) is 0 Å². The molecule has 2 aromatic rings. The lowest BCUT2D eigenvalue weighted by Gasteiger charge is -2.09. The first-order valence-corrected chi connectivity index (χ1v) is 8.53. The van der Waals surface area contributed by atoms with Crippen molar-refractivity contribution in [3.8, 4) is 11.8 Å². The van der Waals surface area contributed by atoms with Crippen LogP contribution in [0.25, 0.3) is 6.08 Å². The van der Waals surface area contributed by atoms with Crippen LogP contribution in [0.2, 0.25) is 10.0 Å². The van der Waals surface area contributed by atoms with Crippen molar-refractivity contribution in [2.75, 3.05) is 5.32 Å². The number of carbonyl (C=O) groups is 1. The molecule has 122 valence electrons. The molecule has 0 spiro atoms. The lowest BCUT2D eigenvalue weighted by molar-refractivity contribution is -0.112. The van der Waals surface area contributed by atoms with Gasteiger partial charge in [-0.25, -0.2) is 0 Å². The Labute approximate surface area is 162 Å². The van der Waals surface area contributed by atoms with E-state index in [1.807, 2.05) is 28.7 Å². The number of halogens is 3. The Morgan fingerprint density at radius 1 is 1.38 bits per heavy atom. The zero-order valence-corrected chi connectivity index (χ0v) is 16.1. The Kier molecular flexibility index (Phi) is 6.10. The van der Waals surface area contributed by atoms with Crippen molar-refractivity contribution in [1.82, 2.24) is 0 Å². The van der Waals surface area contributed by atoms with E-state index in [-0.39, 0.29) is 11.3 Å². The highest BCUT2D eigenvalue weighted by atomic mass is 127. The first-order chi connectivity index (χ1) is 11.3. The van der Waals surface area contributed by atoms with Crippen LogP contribution >= 0.6 is 45.8 Å². The molecule has 0 fully saturated rings. The van der Waals surface area contributed by atoms with Crippen molar-refractivity contribution in [2.45, 2.75) is 6.92 Å². The number of amides is 1. The van der Waals surface area contributed by atoms with E-state index in [4.69, 9.17) is 23.2 Å². The molecule has 0 aromatic heterocycles. The molecule has 0 unspecified atom stereocenters. The molecular formula is C17H11Cl2IN2O2. The van der Waals surface area contributed by atoms with Gasteiger partial charge in [0.1, 0.15) is 17.4 Å². The summed E-state index contributed by atoms with van der Waals surface area (Å²) in [7, 11) is 0. The summed E-state index contributed by atoms with van der Waals surface area (Å²) >= 11 is 13.9. The SMILES string of the molecule is Cc1c(Cl)cccc1NC(=O)/C(C#N)=C\c1cc(Cl)cc(I)c1O. The molecule has 0 atom stereocenters. The van der Waals surface area contributed by atoms with Crippen LogP contribution in [0.15, 0.2) is 35.9 Å². The molecule has 1 amide bonds. The average Bonchev–Trinajstić information content (AvgIpc) is 2.53. The van der Waals surface area contributed by atoms with Gasteiger partial charge < -0.3 is 10.4 Å². The second-order valence-electron chi connectivity index (χ2n) is 4.86. The monoisotopic (exact) mass is 472 g/mol. The fraction of sp³-hybridized carbons (Fsp3) is 0.0588. The molecule has 2 aromatic carbocycles. The van der Waals surface area contributed by atoms with E-state index in [0.717, 1.165) is 0 Å². The molecule has 0 aliphatic rings. The molecule has 4 nitrogen and oxygen atoms in total. The number of benzene rings is 2. The Balaban J connectivity index is 2.37. The van der Waals surface area contributed by atoms with Gasteiger partial charge in [0.2, 0.25) is 0 Å². The summed E-state index contributed by atoms with van der Waals surface area (Å²) in [6.45, 7) is 1.76. The van der Waals surface area contributed by atoms with Gasteiger partial charge in [-0.2, -0.15) is 5.26 Å². The number of aromatic hydroxyl groups is 1. The van der Waals surface area contributed by atoms with Crippen molar-refractivity contribution < 1.29 is 9.90 Å². The zero-order valence-electron chi connectivity index (χ0n) is 12.4. The number of rotatable bonds is 3. The van der Waals surface area contributed by atoms with Crippen molar-refractivity contribution in [1.29, 1.82) is 5.26 Å². The minimum atomic E-state index is -0.600. The quantitative estimate of drug-likeness (QED) is 0.368. The number of nitrogens with one attached hydrogen (secondary N) is 1. The molecular weight excluding hydrogens is 462 g/mol. The number of nitrogens with zero attached hydrogens (tertiary/aromatic N) is 1. The third-order valence-corrected chi connectivity index (χ3v) is 4.69. The topological polar surface area (TPSA) is 73.1 Å². The van der Waals surface area contributed by atoms with Crippen LogP contribution < -0.4 is 5.32 Å². The second-order valence-corrected chi connectivity index (χ2v) is 6.87. The number of hydrogen-bond donors (Lipinski definition) is 2. The molecule has 2 N–H and O–H groups in total. The van der Waals surface area contributed by atoms with Gasteiger partial charge in [-0.3, -0.25) is 4.79 Å². The summed E-state index contributed by atoms with van der Waals surface area (Å²) in [4.78, 5) is 12.3. The Hall–Kier alpha value is -1.75. The lowest BCUT2D eigenvalue weighted by Crippen LogP contribution is -2.14. The number of phenols is 1. The molecule has 0 bridgehead atoms. The fourth-order valence-electron chi connectivity index (χ4n) is 1.93. The molecule has 2 rings (SSSR count). The van der Waals surface area contributed by atoms with Crippen LogP contribution in [-0.4, -0.2) is 11.0 Å². The maximum Gasteiger partial charge on any atom is 0.266 e. The predicted octanol–water partition coefficient (Wildman–Crippen LogP) is 5.16. The fourth-order valence-corrected chi connectivity index (χ4v) is 3.16. The van der Waals surface area contributed by atoms with E-state index < -0.39 is 5.91 Å². The second kappa shape index (κ2) is 7.88. The van der Waals surface area contributed by atoms with E-state index in [9.17, 15) is 15.2 Å². The van der Waals surface area contributed by atoms with E-state index in [2.05, 4.69) is 5.32 Å². The van der Waals surface area contributed by atoms with E-state index in [1.54, 1.807) is 31.2 Å². The molecule has 0 heterocycles. The Morgan fingerprint density at radius 3 is 2.75 bits per heavy atom. The van der Waals surface area contributed by atoms with Crippen LogP contribution in [0.5, 0.6) is 5.75 Å². The predicted molar refractivity (Wildman–Crippen MR) is 104 cm³/mol. The van der Waals surface area contributed by atoms with Crippen LogP contribution in [0.1, 0.15) is 11.1 Å². The highest BCUT2D eigenvalue weighted by Gasteiger charge is 2.14. The highest BCUT2D eigenvalue weighted by Crippen LogP contribution is 2.30. The third-order valence-electron chi connectivity index (χ3n) is 3.24. The van der Waals surface area contributed by atoms with E-state index in [0.29, 0.717) is 30.4 Å². The minimum absolute atomic E-state index is 0.0421. The van der Waals surface area contributed by atoms with Crippen LogP contribution in [0.4, 0.5) is 5.69 Å². The summed E-state index contributed by atoms with van der Waals surface area (Å²) in [6.07, 6.45) is 1.29. The number of anilines is 1. The van der Waals surface area contributed by atoms with Gasteiger partial charge in [-0.05, 0) is 65.4 Å². The molecule has 24 heavy (non-hydrogen) atoms. The average molecular weight is 473 g/mol. The largest absolute Gasteiger partial charge is 0.506 e. The lowest BCUT2D eigenvalue weighted by atomic mass is 10.1. The molecule has 0 saturated carbocycles. The number of carbonyl (C=O) groups excluding carboxylic acids is 1. The van der Waals surface area contributed by atoms with Crippen molar-refractivity contribution in [3.63, 3.8) is 0 Å². The number of nitriles is 1. The first kappa shape index (κ1) is 18.6. The van der Waals surface area contributed by atoms with Crippen LogP contribution in [0, 0.1) is 21.8 Å². The van der Waals surface area contributed by atoms with Gasteiger partial charge in [0.15, 0.2) is 0 Å². The van der Waals surface area contributed by atoms with Gasteiger partial charge in [-0.15, -0.1) is 0 Å². The van der Waals surface area contributed by atoms with Gasteiger partial charge in [0.05, 0.1) is 3.57 Å². The highest BCUT2D eigenvalue weighted by molar-refractivity contribution is 14.1. The molecule has 0 radical (unpaired) electrons. The third kappa shape index (κ3) is 4.20. The Morgan fingerprint density at radius 2 is 2.08 bits per heavy atom. The van der Waals surface area contributed by atoms with Gasteiger partial charge >= 0.3 is 0 Å². The number of hydrogen-bond acceptors (Lipinski definition) is 3.